The molecule has 1 unspecified atom stereocenters. The normalized spacial score (nSPS) is 14.4. The van der Waals surface area contributed by atoms with E-state index < -0.39 is 25.4 Å². The number of aliphatic carboxylic acids is 2. The molecule has 100 valence electrons. The standard InChI is InChI=1S/C12H24O4Si/c1-6-9(2)7-12(10(13)14,11(15)16)8-17(3,4)5/h9H,6-8H2,1-5H3,(H,13,14)(H,15,16). The third-order valence-corrected chi connectivity index (χ3v) is 4.71. The maximum absolute atomic E-state index is 11.4. The van der Waals surface area contributed by atoms with Crippen LogP contribution in [0.3, 0.4) is 0 Å². The lowest BCUT2D eigenvalue weighted by atomic mass is 9.80. The molecule has 0 aromatic rings. The van der Waals surface area contributed by atoms with Crippen LogP contribution in [0.4, 0.5) is 0 Å². The van der Waals surface area contributed by atoms with Gasteiger partial charge >= 0.3 is 11.9 Å². The lowest BCUT2D eigenvalue weighted by molar-refractivity contribution is -0.164. The molecule has 0 saturated carbocycles. The maximum atomic E-state index is 11.4. The van der Waals surface area contributed by atoms with Gasteiger partial charge in [0.25, 0.3) is 0 Å². The molecule has 0 bridgehead atoms. The summed E-state index contributed by atoms with van der Waals surface area (Å²) in [5.74, 6) is -2.26. The Labute approximate surface area is 104 Å². The van der Waals surface area contributed by atoms with Gasteiger partial charge in [-0.3, -0.25) is 9.59 Å². The van der Waals surface area contributed by atoms with Crippen LogP contribution in [0.2, 0.25) is 25.7 Å². The third-order valence-electron chi connectivity index (χ3n) is 3.04. The molecule has 2 N–H and O–H groups in total. The van der Waals surface area contributed by atoms with Crippen molar-refractivity contribution in [1.29, 1.82) is 0 Å². The SMILES string of the molecule is CCC(C)CC(C[Si](C)(C)C)(C(=O)O)C(=O)O. The Hall–Kier alpha value is -0.843. The van der Waals surface area contributed by atoms with Crippen LogP contribution >= 0.6 is 0 Å². The first-order valence-corrected chi connectivity index (χ1v) is 9.72. The van der Waals surface area contributed by atoms with Crippen LogP contribution in [0, 0.1) is 11.3 Å². The van der Waals surface area contributed by atoms with Gasteiger partial charge in [-0.2, -0.15) is 0 Å². The highest BCUT2D eigenvalue weighted by atomic mass is 28.3. The molecule has 0 aliphatic carbocycles. The molecular formula is C12H24O4Si. The number of carbonyl (C=O) groups is 2. The third kappa shape index (κ3) is 4.50. The second-order valence-corrected chi connectivity index (χ2v) is 11.6. The van der Waals surface area contributed by atoms with E-state index in [1.165, 1.54) is 0 Å². The van der Waals surface area contributed by atoms with Crippen molar-refractivity contribution in [2.75, 3.05) is 0 Å². The van der Waals surface area contributed by atoms with Crippen molar-refractivity contribution >= 4 is 20.0 Å². The Morgan fingerprint density at radius 3 is 1.82 bits per heavy atom. The molecule has 0 heterocycles. The van der Waals surface area contributed by atoms with Gasteiger partial charge in [0, 0.05) is 8.07 Å². The fraction of sp³-hybridized carbons (Fsp3) is 0.833. The maximum Gasteiger partial charge on any atom is 0.320 e. The van der Waals surface area contributed by atoms with Crippen LogP contribution in [0.25, 0.3) is 0 Å². The molecule has 5 heteroatoms. The predicted molar refractivity (Wildman–Crippen MR) is 69.9 cm³/mol. The Kier molecular flexibility index (Phi) is 5.38. The second-order valence-electron chi connectivity index (χ2n) is 6.15. The molecular weight excluding hydrogens is 236 g/mol. The highest BCUT2D eigenvalue weighted by Gasteiger charge is 2.49. The van der Waals surface area contributed by atoms with Crippen molar-refractivity contribution in [2.45, 2.75) is 52.4 Å². The summed E-state index contributed by atoms with van der Waals surface area (Å²) < 4.78 is 0. The topological polar surface area (TPSA) is 74.6 Å². The van der Waals surface area contributed by atoms with Gasteiger partial charge in [0.15, 0.2) is 5.41 Å². The highest BCUT2D eigenvalue weighted by molar-refractivity contribution is 6.76. The van der Waals surface area contributed by atoms with E-state index in [4.69, 9.17) is 0 Å². The molecule has 0 saturated heterocycles. The van der Waals surface area contributed by atoms with Gasteiger partial charge in [-0.25, -0.2) is 0 Å². The number of carboxylic acids is 2. The molecule has 0 rings (SSSR count). The van der Waals surface area contributed by atoms with E-state index in [1.807, 2.05) is 33.5 Å². The van der Waals surface area contributed by atoms with Gasteiger partial charge in [0.2, 0.25) is 0 Å². The van der Waals surface area contributed by atoms with Gasteiger partial charge in [0.1, 0.15) is 0 Å². The van der Waals surface area contributed by atoms with Gasteiger partial charge in [-0.1, -0.05) is 39.9 Å². The van der Waals surface area contributed by atoms with Crippen molar-refractivity contribution in [2.24, 2.45) is 11.3 Å². The van der Waals surface area contributed by atoms with Crippen LogP contribution in [0.5, 0.6) is 0 Å². The minimum atomic E-state index is -1.76. The van der Waals surface area contributed by atoms with E-state index in [0.29, 0.717) is 0 Å². The van der Waals surface area contributed by atoms with Gasteiger partial charge in [0.05, 0.1) is 0 Å². The Morgan fingerprint density at radius 1 is 1.18 bits per heavy atom. The van der Waals surface area contributed by atoms with Crippen LogP contribution < -0.4 is 0 Å². The molecule has 0 aromatic heterocycles. The molecule has 1 atom stereocenters. The first kappa shape index (κ1) is 16.2. The van der Waals surface area contributed by atoms with Gasteiger partial charge < -0.3 is 10.2 Å². The molecule has 0 aromatic carbocycles. The first-order chi connectivity index (χ1) is 7.55. The van der Waals surface area contributed by atoms with E-state index in [1.54, 1.807) is 0 Å². The minimum Gasteiger partial charge on any atom is -0.480 e. The van der Waals surface area contributed by atoms with Gasteiger partial charge in [-0.05, 0) is 18.4 Å². The van der Waals surface area contributed by atoms with E-state index in [9.17, 15) is 19.8 Å². The smallest absolute Gasteiger partial charge is 0.320 e. The molecule has 0 spiro atoms. The zero-order chi connectivity index (χ0) is 13.9. The predicted octanol–water partition coefficient (Wildman–Crippen LogP) is 2.92. The molecule has 0 amide bonds. The summed E-state index contributed by atoms with van der Waals surface area (Å²) in [5.41, 5.74) is -1.60. The largest absolute Gasteiger partial charge is 0.480 e. The molecule has 0 radical (unpaired) electrons. The average Bonchev–Trinajstić information content (AvgIpc) is 2.13. The number of rotatable bonds is 7. The minimum absolute atomic E-state index is 0.110. The summed E-state index contributed by atoms with van der Waals surface area (Å²) in [5, 5.41) is 18.7. The molecule has 0 aliphatic heterocycles. The Morgan fingerprint density at radius 2 is 1.59 bits per heavy atom. The molecule has 0 aliphatic rings. The summed E-state index contributed by atoms with van der Waals surface area (Å²) in [4.78, 5) is 22.9. The fourth-order valence-corrected chi connectivity index (χ4v) is 4.39. The number of hydrogen-bond donors (Lipinski definition) is 2. The zero-order valence-electron chi connectivity index (χ0n) is 11.4. The highest BCUT2D eigenvalue weighted by Crippen LogP contribution is 2.37. The van der Waals surface area contributed by atoms with E-state index in [0.717, 1.165) is 6.42 Å². The van der Waals surface area contributed by atoms with Gasteiger partial charge in [-0.15, -0.1) is 0 Å². The van der Waals surface area contributed by atoms with E-state index in [2.05, 4.69) is 0 Å². The molecule has 4 nitrogen and oxygen atoms in total. The lowest BCUT2D eigenvalue weighted by Crippen LogP contribution is -2.45. The van der Waals surface area contributed by atoms with E-state index in [-0.39, 0.29) is 18.4 Å². The zero-order valence-corrected chi connectivity index (χ0v) is 12.4. The molecule has 0 fully saturated rings. The van der Waals surface area contributed by atoms with Crippen molar-refractivity contribution in [1.82, 2.24) is 0 Å². The van der Waals surface area contributed by atoms with Crippen molar-refractivity contribution in [3.63, 3.8) is 0 Å². The van der Waals surface area contributed by atoms with Crippen molar-refractivity contribution in [3.05, 3.63) is 0 Å². The fourth-order valence-electron chi connectivity index (χ4n) is 2.13. The van der Waals surface area contributed by atoms with Crippen LogP contribution in [-0.2, 0) is 9.59 Å². The average molecular weight is 260 g/mol. The number of hydrogen-bond acceptors (Lipinski definition) is 2. The Bertz CT molecular complexity index is 279. The van der Waals surface area contributed by atoms with Crippen molar-refractivity contribution in [3.8, 4) is 0 Å². The van der Waals surface area contributed by atoms with Crippen molar-refractivity contribution < 1.29 is 19.8 Å². The Balaban J connectivity index is 5.29. The lowest BCUT2D eigenvalue weighted by Gasteiger charge is -2.32. The van der Waals surface area contributed by atoms with Crippen LogP contribution in [-0.4, -0.2) is 30.2 Å². The van der Waals surface area contributed by atoms with Crippen LogP contribution in [0.15, 0.2) is 0 Å². The second kappa shape index (κ2) is 5.66. The van der Waals surface area contributed by atoms with E-state index >= 15 is 0 Å². The first-order valence-electron chi connectivity index (χ1n) is 6.02. The summed E-state index contributed by atoms with van der Waals surface area (Å²) >= 11 is 0. The molecule has 17 heavy (non-hydrogen) atoms. The van der Waals surface area contributed by atoms with Crippen LogP contribution in [0.1, 0.15) is 26.7 Å². The summed E-state index contributed by atoms with van der Waals surface area (Å²) in [7, 11) is -1.76. The number of carboxylic acid groups (broad SMARTS) is 2. The summed E-state index contributed by atoms with van der Waals surface area (Å²) in [6, 6.07) is 0.287. The monoisotopic (exact) mass is 260 g/mol. The summed E-state index contributed by atoms with van der Waals surface area (Å²) in [6.45, 7) is 9.87. The quantitative estimate of drug-likeness (QED) is 0.545. The summed E-state index contributed by atoms with van der Waals surface area (Å²) in [6.07, 6.45) is 1.02.